The predicted octanol–water partition coefficient (Wildman–Crippen LogP) is 4.55. The fraction of sp³-hybridized carbons (Fsp3) is 0.148. The molecule has 0 saturated heterocycles. The Morgan fingerprint density at radius 2 is 1.86 bits per heavy atom. The van der Waals surface area contributed by atoms with Crippen LogP contribution in [-0.2, 0) is 13.0 Å². The lowest BCUT2D eigenvalue weighted by atomic mass is 10.1. The van der Waals surface area contributed by atoms with Gasteiger partial charge in [-0.2, -0.15) is 0 Å². The van der Waals surface area contributed by atoms with Gasteiger partial charge >= 0.3 is 0 Å². The first-order valence-electron chi connectivity index (χ1n) is 11.4. The van der Waals surface area contributed by atoms with Gasteiger partial charge in [0, 0.05) is 24.1 Å². The number of ketones is 1. The Morgan fingerprint density at radius 3 is 2.67 bits per heavy atom. The molecule has 3 aromatic heterocycles. The van der Waals surface area contributed by atoms with Gasteiger partial charge in [0.2, 0.25) is 0 Å². The van der Waals surface area contributed by atoms with Gasteiger partial charge in [-0.15, -0.1) is 0 Å². The van der Waals surface area contributed by atoms with E-state index >= 15 is 0 Å². The molecule has 9 heteroatoms. The molecule has 2 aromatic carbocycles. The van der Waals surface area contributed by atoms with E-state index in [1.54, 1.807) is 12.4 Å². The molecule has 0 saturated carbocycles. The number of amides is 1. The first kappa shape index (κ1) is 23.0. The van der Waals surface area contributed by atoms with E-state index in [2.05, 4.69) is 30.2 Å². The van der Waals surface area contributed by atoms with E-state index in [9.17, 15) is 9.59 Å². The Morgan fingerprint density at radius 1 is 1.03 bits per heavy atom. The highest BCUT2D eigenvalue weighted by molar-refractivity contribution is 6.11. The fourth-order valence-electron chi connectivity index (χ4n) is 3.91. The van der Waals surface area contributed by atoms with Crippen molar-refractivity contribution in [1.82, 2.24) is 24.9 Å². The lowest BCUT2D eigenvalue weighted by molar-refractivity contribution is 0.0965. The van der Waals surface area contributed by atoms with Gasteiger partial charge in [0.15, 0.2) is 5.78 Å². The summed E-state index contributed by atoms with van der Waals surface area (Å²) in [5, 5.41) is 2.85. The summed E-state index contributed by atoms with van der Waals surface area (Å²) in [6.07, 6.45) is 4.75. The molecule has 0 fully saturated rings. The van der Waals surface area contributed by atoms with Crippen molar-refractivity contribution in [3.8, 4) is 5.75 Å². The third-order valence-corrected chi connectivity index (χ3v) is 5.75. The second-order valence-electron chi connectivity index (χ2n) is 8.51. The van der Waals surface area contributed by atoms with Crippen LogP contribution in [0.15, 0.2) is 67.3 Å². The number of rotatable bonds is 8. The van der Waals surface area contributed by atoms with Crippen molar-refractivity contribution in [1.29, 1.82) is 0 Å². The molecule has 36 heavy (non-hydrogen) atoms. The summed E-state index contributed by atoms with van der Waals surface area (Å²) in [6.45, 7) is 4.32. The van der Waals surface area contributed by atoms with Gasteiger partial charge in [-0.05, 0) is 55.3 Å². The van der Waals surface area contributed by atoms with Crippen LogP contribution in [-0.4, -0.2) is 36.6 Å². The van der Waals surface area contributed by atoms with Crippen LogP contribution in [0, 0.1) is 13.8 Å². The lowest BCUT2D eigenvalue weighted by Gasteiger charge is -2.09. The summed E-state index contributed by atoms with van der Waals surface area (Å²) >= 11 is 0. The number of aryl methyl sites for hydroxylation is 2. The number of fused-ring (bicyclic) bond motifs is 1. The number of carbonyl (C=O) groups excluding carboxylic acids is 2. The van der Waals surface area contributed by atoms with Crippen LogP contribution in [0.5, 0.6) is 5.75 Å². The Labute approximate surface area is 207 Å². The Bertz CT molecular complexity index is 1550. The topological polar surface area (TPSA) is 126 Å². The maximum Gasteiger partial charge on any atom is 0.274 e. The second-order valence-corrected chi connectivity index (χ2v) is 8.51. The molecule has 3 heterocycles. The number of hydrogen-bond donors (Lipinski definition) is 3. The Balaban J connectivity index is 1.28. The van der Waals surface area contributed by atoms with E-state index in [1.807, 2.05) is 62.4 Å². The van der Waals surface area contributed by atoms with E-state index in [0.717, 1.165) is 22.2 Å². The Hall–Kier alpha value is -4.79. The summed E-state index contributed by atoms with van der Waals surface area (Å²) in [5.41, 5.74) is 5.37. The molecule has 5 rings (SSSR count). The molecule has 0 aliphatic rings. The van der Waals surface area contributed by atoms with E-state index in [0.29, 0.717) is 29.4 Å². The minimum atomic E-state index is -0.427. The highest BCUT2D eigenvalue weighted by Gasteiger charge is 2.22. The normalized spacial score (nSPS) is 10.9. The fourth-order valence-corrected chi connectivity index (χ4v) is 3.91. The number of benzene rings is 2. The molecule has 9 nitrogen and oxygen atoms in total. The summed E-state index contributed by atoms with van der Waals surface area (Å²) < 4.78 is 5.85. The number of aromatic nitrogens is 5. The van der Waals surface area contributed by atoms with E-state index < -0.39 is 5.91 Å². The molecule has 0 atom stereocenters. The lowest BCUT2D eigenvalue weighted by Crippen LogP contribution is -2.18. The molecule has 180 valence electrons. The number of Topliss-reactive ketones (excluding diaryl/α,β-unsaturated/α-hetero) is 1. The van der Waals surface area contributed by atoms with Gasteiger partial charge in [-0.1, -0.05) is 17.7 Å². The molecular formula is C27H24N6O3. The first-order chi connectivity index (χ1) is 17.5. The smallest absolute Gasteiger partial charge is 0.274 e. The van der Waals surface area contributed by atoms with Crippen molar-refractivity contribution >= 4 is 28.4 Å². The maximum absolute atomic E-state index is 13.0. The number of carbonyl (C=O) groups is 2. The number of ether oxygens (including phenoxy) is 1. The quantitative estimate of drug-likeness (QED) is 0.280. The van der Waals surface area contributed by atoms with Crippen molar-refractivity contribution in [2.75, 3.05) is 5.32 Å². The number of nitrogens with one attached hydrogen (secondary N) is 3. The van der Waals surface area contributed by atoms with Crippen molar-refractivity contribution in [3.63, 3.8) is 0 Å². The van der Waals surface area contributed by atoms with E-state index in [4.69, 9.17) is 4.74 Å². The number of pyridine rings is 1. The molecule has 0 radical (unpaired) electrons. The third-order valence-electron chi connectivity index (χ3n) is 5.75. The number of anilines is 1. The number of nitrogens with zero attached hydrogens (tertiary/aromatic N) is 3. The summed E-state index contributed by atoms with van der Waals surface area (Å²) in [6, 6.07) is 15.0. The molecule has 1 amide bonds. The highest BCUT2D eigenvalue weighted by Crippen LogP contribution is 2.21. The number of imidazole rings is 2. The van der Waals surface area contributed by atoms with Crippen LogP contribution < -0.4 is 10.1 Å². The van der Waals surface area contributed by atoms with Gasteiger partial charge < -0.3 is 20.0 Å². The van der Waals surface area contributed by atoms with Crippen LogP contribution in [0.25, 0.3) is 11.0 Å². The largest absolute Gasteiger partial charge is 0.489 e. The van der Waals surface area contributed by atoms with Crippen LogP contribution >= 0.6 is 0 Å². The average Bonchev–Trinajstić information content (AvgIpc) is 3.52. The van der Waals surface area contributed by atoms with Crippen molar-refractivity contribution in [2.45, 2.75) is 26.9 Å². The van der Waals surface area contributed by atoms with Gasteiger partial charge in [0.1, 0.15) is 29.6 Å². The highest BCUT2D eigenvalue weighted by atomic mass is 16.5. The van der Waals surface area contributed by atoms with Crippen molar-refractivity contribution in [3.05, 3.63) is 101 Å². The van der Waals surface area contributed by atoms with Crippen molar-refractivity contribution in [2.24, 2.45) is 0 Å². The van der Waals surface area contributed by atoms with Gasteiger partial charge in [0.05, 0.1) is 23.8 Å². The zero-order chi connectivity index (χ0) is 25.1. The molecule has 0 aliphatic carbocycles. The van der Waals surface area contributed by atoms with Crippen LogP contribution in [0.4, 0.5) is 5.69 Å². The minimum absolute atomic E-state index is 0.0312. The first-order valence-corrected chi connectivity index (χ1v) is 11.4. The second kappa shape index (κ2) is 9.83. The average molecular weight is 481 g/mol. The standard InChI is InChI=1S/C27H24N6O3/c1-16-3-5-20(17(2)11-16)33-27(35)26-25(29-15-30-26)23(34)13-24-31-21-6-4-19(12-22(21)32-24)36-14-18-7-9-28-10-8-18/h3-12,15H,13-14H2,1-2H3,(H,29,30)(H,31,32)(H,33,35). The third kappa shape index (κ3) is 5.00. The van der Waals surface area contributed by atoms with Gasteiger partial charge in [-0.3, -0.25) is 14.6 Å². The summed E-state index contributed by atoms with van der Waals surface area (Å²) in [5.74, 6) is 0.405. The zero-order valence-corrected chi connectivity index (χ0v) is 19.8. The molecule has 0 aliphatic heterocycles. The maximum atomic E-state index is 13.0. The molecule has 5 aromatic rings. The van der Waals surface area contributed by atoms with Crippen LogP contribution in [0.1, 0.15) is 43.5 Å². The van der Waals surface area contributed by atoms with Gasteiger partial charge in [-0.25, -0.2) is 9.97 Å². The van der Waals surface area contributed by atoms with Crippen LogP contribution in [0.2, 0.25) is 0 Å². The molecular weight excluding hydrogens is 456 g/mol. The zero-order valence-electron chi connectivity index (χ0n) is 19.8. The SMILES string of the molecule is Cc1ccc(NC(=O)c2[nH]cnc2C(=O)Cc2nc3ccc(OCc4ccncc4)cc3[nH]2)c(C)c1. The predicted molar refractivity (Wildman–Crippen MR) is 135 cm³/mol. The monoisotopic (exact) mass is 480 g/mol. The van der Waals surface area contributed by atoms with Gasteiger partial charge in [0.25, 0.3) is 5.91 Å². The van der Waals surface area contributed by atoms with Crippen LogP contribution in [0.3, 0.4) is 0 Å². The minimum Gasteiger partial charge on any atom is -0.489 e. The molecule has 0 spiro atoms. The summed E-state index contributed by atoms with van der Waals surface area (Å²) in [4.78, 5) is 44.4. The number of aromatic amines is 2. The summed E-state index contributed by atoms with van der Waals surface area (Å²) in [7, 11) is 0. The van der Waals surface area contributed by atoms with E-state index in [1.165, 1.54) is 6.33 Å². The molecule has 0 bridgehead atoms. The number of H-pyrrole nitrogens is 2. The molecule has 0 unspecified atom stereocenters. The van der Waals surface area contributed by atoms with Crippen molar-refractivity contribution < 1.29 is 14.3 Å². The number of hydrogen-bond acceptors (Lipinski definition) is 6. The Kier molecular flexibility index (Phi) is 6.27. The molecule has 3 N–H and O–H groups in total. The van der Waals surface area contributed by atoms with E-state index in [-0.39, 0.29) is 23.6 Å².